The Kier molecular flexibility index (Phi) is 6.35. The van der Waals surface area contributed by atoms with Gasteiger partial charge in [-0.3, -0.25) is 14.4 Å². The lowest BCUT2D eigenvalue weighted by atomic mass is 10.1. The highest BCUT2D eigenvalue weighted by molar-refractivity contribution is 7.98. The molecule has 7 nitrogen and oxygen atoms in total. The molecule has 0 radical (unpaired) electrons. The SMILES string of the molecule is CSc1nc(C)c(CCC(=O)Nc2cccc(NC(C)=O)c2)c(=O)[nH]1. The zero-order chi connectivity index (χ0) is 18.4. The van der Waals surface area contributed by atoms with Crippen molar-refractivity contribution in [2.75, 3.05) is 16.9 Å². The number of nitrogens with one attached hydrogen (secondary N) is 3. The standard InChI is InChI=1S/C17H20N4O3S/c1-10-14(16(24)21-17(18-10)25-3)7-8-15(23)20-13-6-4-5-12(9-13)19-11(2)22/h4-6,9H,7-8H2,1-3H3,(H,19,22)(H,20,23)(H,18,21,24). The zero-order valence-corrected chi connectivity index (χ0v) is 15.1. The first-order chi connectivity index (χ1) is 11.9. The second-order valence-corrected chi connectivity index (χ2v) is 6.24. The van der Waals surface area contributed by atoms with E-state index in [1.807, 2.05) is 6.26 Å². The van der Waals surface area contributed by atoms with E-state index in [0.29, 0.717) is 34.2 Å². The minimum Gasteiger partial charge on any atom is -0.326 e. The van der Waals surface area contributed by atoms with Crippen molar-refractivity contribution in [1.82, 2.24) is 9.97 Å². The summed E-state index contributed by atoms with van der Waals surface area (Å²) in [7, 11) is 0. The van der Waals surface area contributed by atoms with E-state index >= 15 is 0 Å². The minimum absolute atomic E-state index is 0.161. The van der Waals surface area contributed by atoms with Gasteiger partial charge in [0.05, 0.1) is 0 Å². The number of carbonyl (C=O) groups is 2. The molecule has 8 heteroatoms. The summed E-state index contributed by atoms with van der Waals surface area (Å²) in [5, 5.41) is 5.98. The molecule has 0 aliphatic rings. The fraction of sp³-hybridized carbons (Fsp3) is 0.294. The van der Waals surface area contributed by atoms with Crippen LogP contribution in [0.15, 0.2) is 34.2 Å². The van der Waals surface area contributed by atoms with Crippen LogP contribution in [0.3, 0.4) is 0 Å². The predicted octanol–water partition coefficient (Wildman–Crippen LogP) is 2.33. The number of H-pyrrole nitrogens is 1. The van der Waals surface area contributed by atoms with Crippen molar-refractivity contribution in [3.05, 3.63) is 45.9 Å². The van der Waals surface area contributed by atoms with Crippen molar-refractivity contribution in [3.8, 4) is 0 Å². The Balaban J connectivity index is 2.00. The summed E-state index contributed by atoms with van der Waals surface area (Å²) >= 11 is 1.36. The third-order valence-corrected chi connectivity index (χ3v) is 4.04. The molecule has 132 valence electrons. The highest BCUT2D eigenvalue weighted by atomic mass is 32.2. The fourth-order valence-corrected chi connectivity index (χ4v) is 2.74. The van der Waals surface area contributed by atoms with Gasteiger partial charge in [0.15, 0.2) is 5.16 Å². The molecule has 0 aliphatic heterocycles. The summed E-state index contributed by atoms with van der Waals surface area (Å²) < 4.78 is 0. The summed E-state index contributed by atoms with van der Waals surface area (Å²) in [6, 6.07) is 6.88. The van der Waals surface area contributed by atoms with E-state index in [0.717, 1.165) is 0 Å². The van der Waals surface area contributed by atoms with Crippen molar-refractivity contribution in [3.63, 3.8) is 0 Å². The molecule has 2 aromatic rings. The molecule has 0 atom stereocenters. The summed E-state index contributed by atoms with van der Waals surface area (Å²) in [4.78, 5) is 42.2. The van der Waals surface area contributed by atoms with E-state index in [1.54, 1.807) is 31.2 Å². The maximum Gasteiger partial charge on any atom is 0.254 e. The first-order valence-electron chi connectivity index (χ1n) is 7.70. The van der Waals surface area contributed by atoms with Gasteiger partial charge < -0.3 is 15.6 Å². The summed E-state index contributed by atoms with van der Waals surface area (Å²) in [6.45, 7) is 3.18. The Bertz CT molecular complexity index is 848. The number of rotatable bonds is 6. The molecule has 0 spiro atoms. The number of hydrogen-bond acceptors (Lipinski definition) is 5. The van der Waals surface area contributed by atoms with Crippen LogP contribution in [0.25, 0.3) is 0 Å². The number of anilines is 2. The first kappa shape index (κ1) is 18.7. The molecule has 0 unspecified atom stereocenters. The fourth-order valence-electron chi connectivity index (χ4n) is 2.32. The topological polar surface area (TPSA) is 104 Å². The Morgan fingerprint density at radius 2 is 1.92 bits per heavy atom. The van der Waals surface area contributed by atoms with Gasteiger partial charge in [0, 0.05) is 36.0 Å². The van der Waals surface area contributed by atoms with Crippen LogP contribution < -0.4 is 16.2 Å². The smallest absolute Gasteiger partial charge is 0.254 e. The summed E-state index contributed by atoms with van der Waals surface area (Å²) in [6.07, 6.45) is 2.30. The quantitative estimate of drug-likeness (QED) is 0.542. The van der Waals surface area contributed by atoms with Crippen LogP contribution in [-0.4, -0.2) is 28.0 Å². The molecule has 0 fully saturated rings. The maximum atomic E-state index is 12.1. The van der Waals surface area contributed by atoms with Crippen LogP contribution in [0.5, 0.6) is 0 Å². The number of benzene rings is 1. The molecule has 1 heterocycles. The third-order valence-electron chi connectivity index (χ3n) is 3.46. The molecule has 3 N–H and O–H groups in total. The van der Waals surface area contributed by atoms with Crippen molar-refractivity contribution in [2.45, 2.75) is 31.8 Å². The lowest BCUT2D eigenvalue weighted by Gasteiger charge is -2.09. The lowest BCUT2D eigenvalue weighted by Crippen LogP contribution is -2.20. The van der Waals surface area contributed by atoms with E-state index in [-0.39, 0.29) is 23.8 Å². The first-order valence-corrected chi connectivity index (χ1v) is 8.93. The van der Waals surface area contributed by atoms with Crippen LogP contribution >= 0.6 is 11.8 Å². The molecule has 1 aromatic carbocycles. The van der Waals surface area contributed by atoms with Crippen LogP contribution in [0, 0.1) is 6.92 Å². The molecule has 2 amide bonds. The molecule has 0 saturated carbocycles. The van der Waals surface area contributed by atoms with E-state index in [9.17, 15) is 14.4 Å². The third kappa shape index (κ3) is 5.46. The average molecular weight is 360 g/mol. The van der Waals surface area contributed by atoms with Crippen LogP contribution in [0.4, 0.5) is 11.4 Å². The number of aromatic nitrogens is 2. The molecule has 0 aliphatic carbocycles. The second kappa shape index (κ2) is 8.48. The van der Waals surface area contributed by atoms with Crippen molar-refractivity contribution >= 4 is 35.0 Å². The van der Waals surface area contributed by atoms with Gasteiger partial charge in [-0.05, 0) is 37.8 Å². The van der Waals surface area contributed by atoms with Gasteiger partial charge in [-0.25, -0.2) is 4.98 Å². The largest absolute Gasteiger partial charge is 0.326 e. The van der Waals surface area contributed by atoms with E-state index in [4.69, 9.17) is 0 Å². The molecule has 0 saturated heterocycles. The van der Waals surface area contributed by atoms with E-state index < -0.39 is 0 Å². The Morgan fingerprint density at radius 1 is 1.24 bits per heavy atom. The number of aryl methyl sites for hydroxylation is 1. The molecular formula is C17H20N4O3S. The number of amides is 2. The number of nitrogens with zero attached hydrogens (tertiary/aromatic N) is 1. The van der Waals surface area contributed by atoms with Crippen LogP contribution in [-0.2, 0) is 16.0 Å². The molecule has 1 aromatic heterocycles. The van der Waals surface area contributed by atoms with Crippen LogP contribution in [0.2, 0.25) is 0 Å². The Morgan fingerprint density at radius 3 is 2.52 bits per heavy atom. The lowest BCUT2D eigenvalue weighted by molar-refractivity contribution is -0.116. The van der Waals surface area contributed by atoms with Gasteiger partial charge in [-0.15, -0.1) is 0 Å². The van der Waals surface area contributed by atoms with Crippen molar-refractivity contribution in [1.29, 1.82) is 0 Å². The van der Waals surface area contributed by atoms with E-state index in [1.165, 1.54) is 18.7 Å². The summed E-state index contributed by atoms with van der Waals surface area (Å²) in [5.74, 6) is -0.396. The number of thioether (sulfide) groups is 1. The van der Waals surface area contributed by atoms with Gasteiger partial charge in [0.1, 0.15) is 0 Å². The minimum atomic E-state index is -0.215. The monoisotopic (exact) mass is 360 g/mol. The molecular weight excluding hydrogens is 340 g/mol. The van der Waals surface area contributed by atoms with Gasteiger partial charge in [-0.1, -0.05) is 17.8 Å². The summed E-state index contributed by atoms with van der Waals surface area (Å²) in [5.41, 5.74) is 2.12. The predicted molar refractivity (Wildman–Crippen MR) is 99.1 cm³/mol. The van der Waals surface area contributed by atoms with Gasteiger partial charge >= 0.3 is 0 Å². The van der Waals surface area contributed by atoms with E-state index in [2.05, 4.69) is 20.6 Å². The van der Waals surface area contributed by atoms with Crippen molar-refractivity contribution in [2.24, 2.45) is 0 Å². The Labute approximate surface area is 149 Å². The average Bonchev–Trinajstić information content (AvgIpc) is 2.53. The van der Waals surface area contributed by atoms with Gasteiger partial charge in [0.25, 0.3) is 5.56 Å². The number of carbonyl (C=O) groups excluding carboxylic acids is 2. The molecule has 25 heavy (non-hydrogen) atoms. The highest BCUT2D eigenvalue weighted by Gasteiger charge is 2.11. The molecule has 0 bridgehead atoms. The van der Waals surface area contributed by atoms with Gasteiger partial charge in [0.2, 0.25) is 11.8 Å². The van der Waals surface area contributed by atoms with Gasteiger partial charge in [-0.2, -0.15) is 0 Å². The second-order valence-electron chi connectivity index (χ2n) is 5.45. The number of aromatic amines is 1. The normalized spacial score (nSPS) is 10.4. The highest BCUT2D eigenvalue weighted by Crippen LogP contribution is 2.16. The zero-order valence-electron chi connectivity index (χ0n) is 14.3. The molecule has 2 rings (SSSR count). The number of hydrogen-bond donors (Lipinski definition) is 3. The van der Waals surface area contributed by atoms with Crippen LogP contribution in [0.1, 0.15) is 24.6 Å². The maximum absolute atomic E-state index is 12.1. The van der Waals surface area contributed by atoms with Crippen molar-refractivity contribution < 1.29 is 9.59 Å². The Hall–Kier alpha value is -2.61.